The van der Waals surface area contributed by atoms with Crippen molar-refractivity contribution in [2.75, 3.05) is 24.5 Å². The molecule has 1 saturated carbocycles. The summed E-state index contributed by atoms with van der Waals surface area (Å²) < 4.78 is 0. The zero-order valence-corrected chi connectivity index (χ0v) is 17.8. The van der Waals surface area contributed by atoms with Crippen LogP contribution >= 0.6 is 23.2 Å². The van der Waals surface area contributed by atoms with Gasteiger partial charge in [-0.05, 0) is 73.2 Å². The summed E-state index contributed by atoms with van der Waals surface area (Å²) in [5, 5.41) is 1.64. The lowest BCUT2D eigenvalue weighted by atomic mass is 9.86. The number of hydrogen-bond donors (Lipinski definition) is 0. The van der Waals surface area contributed by atoms with Crippen LogP contribution in [-0.2, 0) is 0 Å². The van der Waals surface area contributed by atoms with Crippen LogP contribution in [0.4, 0.5) is 11.4 Å². The van der Waals surface area contributed by atoms with E-state index in [1.807, 2.05) is 18.2 Å². The van der Waals surface area contributed by atoms with Crippen molar-refractivity contribution >= 4 is 34.6 Å². The Morgan fingerprint density at radius 1 is 0.857 bits per heavy atom. The molecule has 0 spiro atoms. The van der Waals surface area contributed by atoms with Crippen LogP contribution in [0.2, 0.25) is 10.0 Å². The van der Waals surface area contributed by atoms with Crippen molar-refractivity contribution in [3.05, 3.63) is 58.1 Å². The van der Waals surface area contributed by atoms with E-state index < -0.39 is 0 Å². The first kappa shape index (κ1) is 18.8. The van der Waals surface area contributed by atoms with E-state index in [2.05, 4.69) is 34.1 Å². The molecule has 2 aliphatic heterocycles. The molecule has 2 aromatic carbocycles. The van der Waals surface area contributed by atoms with E-state index in [1.54, 1.807) is 0 Å². The fraction of sp³-hybridized carbons (Fsp3) is 0.500. The van der Waals surface area contributed by atoms with Crippen LogP contribution in [0.3, 0.4) is 0 Å². The van der Waals surface area contributed by atoms with Gasteiger partial charge < -0.3 is 9.80 Å². The minimum absolute atomic E-state index is 0.511. The van der Waals surface area contributed by atoms with Gasteiger partial charge in [-0.25, -0.2) is 0 Å². The van der Waals surface area contributed by atoms with Gasteiger partial charge in [0.2, 0.25) is 0 Å². The summed E-state index contributed by atoms with van der Waals surface area (Å²) in [6, 6.07) is 15.2. The van der Waals surface area contributed by atoms with Gasteiger partial charge in [0.1, 0.15) is 0 Å². The van der Waals surface area contributed by atoms with Crippen molar-refractivity contribution in [3.8, 4) is 0 Å². The zero-order valence-electron chi connectivity index (χ0n) is 16.3. The van der Waals surface area contributed by atoms with E-state index in [4.69, 9.17) is 23.2 Å². The Balaban J connectivity index is 1.42. The van der Waals surface area contributed by atoms with Crippen LogP contribution in [0.25, 0.3) is 0 Å². The predicted molar refractivity (Wildman–Crippen MR) is 119 cm³/mol. The van der Waals surface area contributed by atoms with E-state index in [0.717, 1.165) is 22.5 Å². The summed E-state index contributed by atoms with van der Waals surface area (Å²) in [6.45, 7) is 3.63. The van der Waals surface area contributed by atoms with Crippen molar-refractivity contribution in [2.45, 2.75) is 50.5 Å². The molecule has 0 unspecified atom stereocenters. The number of piperidine rings is 1. The largest absolute Gasteiger partial charge is 0.337 e. The summed E-state index contributed by atoms with van der Waals surface area (Å²) in [4.78, 5) is 5.26. The second kappa shape index (κ2) is 7.89. The van der Waals surface area contributed by atoms with Gasteiger partial charge in [0.25, 0.3) is 0 Å². The Kier molecular flexibility index (Phi) is 5.30. The lowest BCUT2D eigenvalue weighted by Crippen LogP contribution is -2.46. The topological polar surface area (TPSA) is 6.48 Å². The summed E-state index contributed by atoms with van der Waals surface area (Å²) in [6.07, 6.45) is 8.32. The van der Waals surface area contributed by atoms with Crippen LogP contribution < -0.4 is 4.90 Å². The fourth-order valence-corrected chi connectivity index (χ4v) is 5.98. The first-order chi connectivity index (χ1) is 13.7. The van der Waals surface area contributed by atoms with Crippen molar-refractivity contribution in [1.29, 1.82) is 0 Å². The Labute approximate surface area is 178 Å². The van der Waals surface area contributed by atoms with Gasteiger partial charge in [0, 0.05) is 53.0 Å². The number of halogens is 2. The van der Waals surface area contributed by atoms with Gasteiger partial charge in [0.15, 0.2) is 0 Å². The van der Waals surface area contributed by atoms with Crippen molar-refractivity contribution in [1.82, 2.24) is 4.90 Å². The average molecular weight is 415 g/mol. The number of likely N-dealkylation sites (tertiary alicyclic amines) is 1. The summed E-state index contributed by atoms with van der Waals surface area (Å²) >= 11 is 12.6. The SMILES string of the molecule is Clc1ccc(N2c3ccc(Cl)cc3[C@@H]3CN(CC4CCCCC4)CC[C@H]32)cc1. The molecule has 4 heteroatoms. The van der Waals surface area contributed by atoms with Crippen LogP contribution in [0.1, 0.15) is 50.0 Å². The molecule has 2 heterocycles. The minimum atomic E-state index is 0.511. The molecule has 0 N–H and O–H groups in total. The normalized spacial score (nSPS) is 25.6. The highest BCUT2D eigenvalue weighted by Crippen LogP contribution is 2.49. The van der Waals surface area contributed by atoms with E-state index in [1.165, 1.54) is 68.6 Å². The molecule has 28 heavy (non-hydrogen) atoms. The van der Waals surface area contributed by atoms with Crippen LogP contribution in [0.15, 0.2) is 42.5 Å². The third-order valence-electron chi connectivity index (χ3n) is 6.99. The Bertz CT molecular complexity index is 829. The number of anilines is 2. The standard InChI is InChI=1S/C24H28Cl2N2/c25-18-6-9-20(10-7-18)28-23-11-8-19(26)14-21(23)22-16-27(13-12-24(22)28)15-17-4-2-1-3-5-17/h6-11,14,17,22,24H,1-5,12-13,15-16H2/t22-,24+/m0/s1. The molecule has 2 fully saturated rings. The van der Waals surface area contributed by atoms with Crippen molar-refractivity contribution < 1.29 is 0 Å². The average Bonchev–Trinajstić information content (AvgIpc) is 3.02. The highest BCUT2D eigenvalue weighted by Gasteiger charge is 2.42. The van der Waals surface area contributed by atoms with E-state index >= 15 is 0 Å². The number of benzene rings is 2. The Hall–Kier alpha value is -1.22. The van der Waals surface area contributed by atoms with Gasteiger partial charge in [-0.3, -0.25) is 0 Å². The van der Waals surface area contributed by atoms with Gasteiger partial charge in [-0.15, -0.1) is 0 Å². The minimum Gasteiger partial charge on any atom is -0.337 e. The molecule has 1 aliphatic carbocycles. The van der Waals surface area contributed by atoms with Gasteiger partial charge in [0.05, 0.1) is 0 Å². The molecule has 2 aromatic rings. The summed E-state index contributed by atoms with van der Waals surface area (Å²) in [7, 11) is 0. The molecule has 0 radical (unpaired) electrons. The Morgan fingerprint density at radius 2 is 1.61 bits per heavy atom. The van der Waals surface area contributed by atoms with E-state index in [-0.39, 0.29) is 0 Å². The molecule has 2 atom stereocenters. The Morgan fingerprint density at radius 3 is 2.39 bits per heavy atom. The molecule has 1 saturated heterocycles. The summed E-state index contributed by atoms with van der Waals surface area (Å²) in [5.74, 6) is 1.43. The third kappa shape index (κ3) is 3.56. The van der Waals surface area contributed by atoms with Crippen molar-refractivity contribution in [2.24, 2.45) is 5.92 Å². The second-order valence-electron chi connectivity index (χ2n) is 8.78. The van der Waals surface area contributed by atoms with E-state index in [9.17, 15) is 0 Å². The molecular weight excluding hydrogens is 387 g/mol. The quantitative estimate of drug-likeness (QED) is 0.539. The van der Waals surface area contributed by atoms with Crippen molar-refractivity contribution in [3.63, 3.8) is 0 Å². The maximum Gasteiger partial charge on any atom is 0.0451 e. The molecule has 0 bridgehead atoms. The molecule has 0 aromatic heterocycles. The molecule has 0 amide bonds. The summed E-state index contributed by atoms with van der Waals surface area (Å²) in [5.41, 5.74) is 3.98. The third-order valence-corrected chi connectivity index (χ3v) is 7.47. The molecule has 2 nitrogen and oxygen atoms in total. The lowest BCUT2D eigenvalue weighted by molar-refractivity contribution is 0.153. The molecular formula is C24H28Cl2N2. The highest BCUT2D eigenvalue weighted by molar-refractivity contribution is 6.31. The van der Waals surface area contributed by atoms with Crippen LogP contribution in [0.5, 0.6) is 0 Å². The maximum absolute atomic E-state index is 6.41. The smallest absolute Gasteiger partial charge is 0.0451 e. The first-order valence-electron chi connectivity index (χ1n) is 10.8. The number of nitrogens with zero attached hydrogens (tertiary/aromatic N) is 2. The number of rotatable bonds is 3. The molecule has 5 rings (SSSR count). The van der Waals surface area contributed by atoms with Gasteiger partial charge >= 0.3 is 0 Å². The fourth-order valence-electron chi connectivity index (χ4n) is 5.68. The number of hydrogen-bond acceptors (Lipinski definition) is 2. The monoisotopic (exact) mass is 414 g/mol. The van der Waals surface area contributed by atoms with Gasteiger partial charge in [-0.1, -0.05) is 42.5 Å². The number of fused-ring (bicyclic) bond motifs is 3. The van der Waals surface area contributed by atoms with Crippen LogP contribution in [0, 0.1) is 5.92 Å². The zero-order chi connectivity index (χ0) is 19.1. The maximum atomic E-state index is 6.41. The van der Waals surface area contributed by atoms with Crippen LogP contribution in [-0.4, -0.2) is 30.6 Å². The molecule has 148 valence electrons. The first-order valence-corrected chi connectivity index (χ1v) is 11.5. The molecule has 3 aliphatic rings. The van der Waals surface area contributed by atoms with E-state index in [0.29, 0.717) is 12.0 Å². The van der Waals surface area contributed by atoms with Gasteiger partial charge in [-0.2, -0.15) is 0 Å². The lowest BCUT2D eigenvalue weighted by Gasteiger charge is -2.40. The second-order valence-corrected chi connectivity index (χ2v) is 9.65. The highest BCUT2D eigenvalue weighted by atomic mass is 35.5. The predicted octanol–water partition coefficient (Wildman–Crippen LogP) is 6.88.